The van der Waals surface area contributed by atoms with E-state index in [1.165, 1.54) is 0 Å². The SMILES string of the molecule is C=CC1OC(=O)/C(=C/C)C1=C. The van der Waals surface area contributed by atoms with Gasteiger partial charge in [-0.1, -0.05) is 19.2 Å². The topological polar surface area (TPSA) is 26.3 Å². The lowest BCUT2D eigenvalue weighted by atomic mass is 10.1. The fourth-order valence-electron chi connectivity index (χ4n) is 1.03. The normalized spacial score (nSPS) is 27.4. The molecule has 1 heterocycles. The monoisotopic (exact) mass is 150 g/mol. The fourth-order valence-corrected chi connectivity index (χ4v) is 1.03. The standard InChI is InChI=1S/C9H10O2/c1-4-7-6(3)8(5-2)11-9(7)10/h4-5,8H,2-3H2,1H3/b7-4+. The average molecular weight is 150 g/mol. The van der Waals surface area contributed by atoms with Crippen LogP contribution in [0.2, 0.25) is 0 Å². The van der Waals surface area contributed by atoms with Crippen molar-refractivity contribution in [3.63, 3.8) is 0 Å². The van der Waals surface area contributed by atoms with Gasteiger partial charge in [0.15, 0.2) is 0 Å². The molecule has 0 aliphatic carbocycles. The molecular weight excluding hydrogens is 140 g/mol. The Kier molecular flexibility index (Phi) is 1.94. The van der Waals surface area contributed by atoms with Gasteiger partial charge in [0.1, 0.15) is 6.10 Å². The second-order valence-corrected chi connectivity index (χ2v) is 2.29. The van der Waals surface area contributed by atoms with Gasteiger partial charge in [-0.3, -0.25) is 0 Å². The third-order valence-corrected chi connectivity index (χ3v) is 1.65. The second-order valence-electron chi connectivity index (χ2n) is 2.29. The molecule has 1 fully saturated rings. The Morgan fingerprint density at radius 3 is 2.55 bits per heavy atom. The fraction of sp³-hybridized carbons (Fsp3) is 0.222. The van der Waals surface area contributed by atoms with Gasteiger partial charge in [-0.15, -0.1) is 0 Å². The van der Waals surface area contributed by atoms with Crippen molar-refractivity contribution in [2.45, 2.75) is 13.0 Å². The molecule has 2 heteroatoms. The Hall–Kier alpha value is -1.31. The van der Waals surface area contributed by atoms with E-state index in [0.29, 0.717) is 11.1 Å². The third-order valence-electron chi connectivity index (χ3n) is 1.65. The second kappa shape index (κ2) is 2.74. The Balaban J connectivity index is 2.97. The predicted molar refractivity (Wildman–Crippen MR) is 43.0 cm³/mol. The summed E-state index contributed by atoms with van der Waals surface area (Å²) in [7, 11) is 0. The zero-order valence-corrected chi connectivity index (χ0v) is 6.46. The van der Waals surface area contributed by atoms with Crippen LogP contribution in [0.5, 0.6) is 0 Å². The summed E-state index contributed by atoms with van der Waals surface area (Å²) in [6.07, 6.45) is 2.94. The summed E-state index contributed by atoms with van der Waals surface area (Å²) in [5, 5.41) is 0. The molecule has 0 N–H and O–H groups in total. The maximum atomic E-state index is 11.0. The average Bonchev–Trinajstić information content (AvgIpc) is 2.26. The van der Waals surface area contributed by atoms with Crippen LogP contribution in [0.3, 0.4) is 0 Å². The largest absolute Gasteiger partial charge is 0.450 e. The van der Waals surface area contributed by atoms with Crippen LogP contribution in [0.1, 0.15) is 6.92 Å². The molecule has 11 heavy (non-hydrogen) atoms. The highest BCUT2D eigenvalue weighted by Crippen LogP contribution is 2.25. The van der Waals surface area contributed by atoms with Crippen LogP contribution in [0.25, 0.3) is 0 Å². The molecule has 1 aliphatic heterocycles. The van der Waals surface area contributed by atoms with Crippen LogP contribution in [0, 0.1) is 0 Å². The maximum Gasteiger partial charge on any atom is 0.339 e. The molecular formula is C9H10O2. The van der Waals surface area contributed by atoms with Crippen LogP contribution in [0.4, 0.5) is 0 Å². The van der Waals surface area contributed by atoms with E-state index in [-0.39, 0.29) is 12.1 Å². The lowest BCUT2D eigenvalue weighted by molar-refractivity contribution is -0.137. The van der Waals surface area contributed by atoms with E-state index in [9.17, 15) is 4.79 Å². The van der Waals surface area contributed by atoms with Crippen LogP contribution in [-0.4, -0.2) is 12.1 Å². The number of carbonyl (C=O) groups excluding carboxylic acids is 1. The summed E-state index contributed by atoms with van der Waals surface area (Å²) in [6.45, 7) is 9.04. The van der Waals surface area contributed by atoms with E-state index in [2.05, 4.69) is 13.2 Å². The van der Waals surface area contributed by atoms with Gasteiger partial charge >= 0.3 is 5.97 Å². The van der Waals surface area contributed by atoms with Crippen molar-refractivity contribution >= 4 is 5.97 Å². The van der Waals surface area contributed by atoms with Crippen LogP contribution in [-0.2, 0) is 9.53 Å². The van der Waals surface area contributed by atoms with Crippen molar-refractivity contribution in [2.24, 2.45) is 0 Å². The van der Waals surface area contributed by atoms with E-state index in [1.54, 1.807) is 19.1 Å². The smallest absolute Gasteiger partial charge is 0.339 e. The highest BCUT2D eigenvalue weighted by atomic mass is 16.5. The molecule has 2 nitrogen and oxygen atoms in total. The minimum Gasteiger partial charge on any atom is -0.450 e. The molecule has 0 bridgehead atoms. The first-order valence-corrected chi connectivity index (χ1v) is 3.39. The van der Waals surface area contributed by atoms with Crippen molar-refractivity contribution in [1.29, 1.82) is 0 Å². The molecule has 1 aliphatic rings. The quantitative estimate of drug-likeness (QED) is 0.322. The van der Waals surface area contributed by atoms with Crippen LogP contribution < -0.4 is 0 Å². The summed E-state index contributed by atoms with van der Waals surface area (Å²) in [5.41, 5.74) is 1.27. The van der Waals surface area contributed by atoms with Crippen LogP contribution >= 0.6 is 0 Å². The molecule has 0 aromatic heterocycles. The van der Waals surface area contributed by atoms with Crippen LogP contribution in [0.15, 0.2) is 36.5 Å². The number of cyclic esters (lactones) is 1. The van der Waals surface area contributed by atoms with Gasteiger partial charge in [0.25, 0.3) is 0 Å². The molecule has 1 atom stereocenters. The Bertz CT molecular complexity index is 248. The minimum atomic E-state index is -0.325. The summed E-state index contributed by atoms with van der Waals surface area (Å²) in [4.78, 5) is 11.0. The first-order valence-electron chi connectivity index (χ1n) is 3.39. The molecule has 0 aromatic rings. The minimum absolute atomic E-state index is 0.303. The van der Waals surface area contributed by atoms with E-state index in [1.807, 2.05) is 0 Å². The summed E-state index contributed by atoms with van der Waals surface area (Å²) in [6, 6.07) is 0. The number of rotatable bonds is 1. The number of hydrogen-bond acceptors (Lipinski definition) is 2. The molecule has 1 unspecified atom stereocenters. The first-order chi connectivity index (χ1) is 5.20. The molecule has 1 saturated heterocycles. The van der Waals surface area contributed by atoms with E-state index < -0.39 is 0 Å². The Labute approximate surface area is 65.9 Å². The highest BCUT2D eigenvalue weighted by Gasteiger charge is 2.29. The van der Waals surface area contributed by atoms with E-state index in [4.69, 9.17) is 4.74 Å². The molecule has 0 spiro atoms. The highest BCUT2D eigenvalue weighted by molar-refractivity contribution is 5.97. The van der Waals surface area contributed by atoms with Crippen molar-refractivity contribution < 1.29 is 9.53 Å². The molecule has 0 amide bonds. The summed E-state index contributed by atoms with van der Waals surface area (Å²) < 4.78 is 4.90. The van der Waals surface area contributed by atoms with Gasteiger partial charge < -0.3 is 4.74 Å². The van der Waals surface area contributed by atoms with Crippen molar-refractivity contribution in [3.05, 3.63) is 36.5 Å². The molecule has 0 radical (unpaired) electrons. The van der Waals surface area contributed by atoms with Crippen molar-refractivity contribution in [2.75, 3.05) is 0 Å². The van der Waals surface area contributed by atoms with Crippen molar-refractivity contribution in [3.8, 4) is 0 Å². The molecule has 58 valence electrons. The lowest BCUT2D eigenvalue weighted by Crippen LogP contribution is -2.02. The summed E-state index contributed by atoms with van der Waals surface area (Å²) in [5.74, 6) is -0.303. The Morgan fingerprint density at radius 1 is 1.64 bits per heavy atom. The number of esters is 1. The van der Waals surface area contributed by atoms with E-state index in [0.717, 1.165) is 0 Å². The lowest BCUT2D eigenvalue weighted by Gasteiger charge is -2.00. The van der Waals surface area contributed by atoms with Gasteiger partial charge in [-0.05, 0) is 13.0 Å². The summed E-state index contributed by atoms with van der Waals surface area (Å²) >= 11 is 0. The zero-order valence-electron chi connectivity index (χ0n) is 6.46. The zero-order chi connectivity index (χ0) is 8.43. The van der Waals surface area contributed by atoms with Gasteiger partial charge in [-0.25, -0.2) is 4.79 Å². The number of ether oxygens (including phenoxy) is 1. The van der Waals surface area contributed by atoms with E-state index >= 15 is 0 Å². The molecule has 1 rings (SSSR count). The molecule has 0 saturated carbocycles. The maximum absolute atomic E-state index is 11.0. The number of allylic oxidation sites excluding steroid dienone is 1. The number of hydrogen-bond donors (Lipinski definition) is 0. The molecule has 0 aromatic carbocycles. The van der Waals surface area contributed by atoms with Gasteiger partial charge in [0.2, 0.25) is 0 Å². The van der Waals surface area contributed by atoms with Gasteiger partial charge in [0, 0.05) is 5.57 Å². The first kappa shape index (κ1) is 7.79. The number of carbonyl (C=O) groups is 1. The van der Waals surface area contributed by atoms with Crippen molar-refractivity contribution in [1.82, 2.24) is 0 Å². The predicted octanol–water partition coefficient (Wildman–Crippen LogP) is 1.60. The Morgan fingerprint density at radius 2 is 2.27 bits per heavy atom. The van der Waals surface area contributed by atoms with Gasteiger partial charge in [-0.2, -0.15) is 0 Å². The van der Waals surface area contributed by atoms with Gasteiger partial charge in [0.05, 0.1) is 5.57 Å². The third kappa shape index (κ3) is 1.11.